The maximum atomic E-state index is 13.2. The summed E-state index contributed by atoms with van der Waals surface area (Å²) in [4.78, 5) is 20.6. The normalized spacial score (nSPS) is 18.9. The van der Waals surface area contributed by atoms with Crippen LogP contribution in [0, 0.1) is 11.6 Å². The van der Waals surface area contributed by atoms with Crippen molar-refractivity contribution in [2.24, 2.45) is 4.99 Å². The number of fused-ring (bicyclic) bond motifs is 1. The lowest BCUT2D eigenvalue weighted by molar-refractivity contribution is 0.0137. The molecule has 0 aliphatic carbocycles. The van der Waals surface area contributed by atoms with Crippen molar-refractivity contribution in [3.63, 3.8) is 0 Å². The quantitative estimate of drug-likeness (QED) is 0.639. The van der Waals surface area contributed by atoms with Crippen molar-refractivity contribution in [3.8, 4) is 0 Å². The number of carbonyl (C=O) groups is 1. The average molecular weight is 508 g/mol. The molecule has 0 saturated carbocycles. The molecule has 2 heterocycles. The number of carbonyl (C=O) groups excluding carboxylic acids is 1. The summed E-state index contributed by atoms with van der Waals surface area (Å²) in [5.41, 5.74) is 0.0913. The lowest BCUT2D eigenvalue weighted by Gasteiger charge is -2.39. The fourth-order valence-corrected chi connectivity index (χ4v) is 3.30. The summed E-state index contributed by atoms with van der Waals surface area (Å²) >= 11 is 0. The molecular formula is C19H27F2IN4O2. The second-order valence-electron chi connectivity index (χ2n) is 7.89. The van der Waals surface area contributed by atoms with Crippen LogP contribution in [0.3, 0.4) is 0 Å². The molecule has 0 spiro atoms. The Hall–Kier alpha value is -1.65. The van der Waals surface area contributed by atoms with Gasteiger partial charge in [-0.3, -0.25) is 4.99 Å². The second-order valence-corrected chi connectivity index (χ2v) is 7.89. The number of hydrogen-bond donors (Lipinski definition) is 1. The van der Waals surface area contributed by atoms with Crippen LogP contribution >= 0.6 is 24.0 Å². The van der Waals surface area contributed by atoms with Gasteiger partial charge in [0.1, 0.15) is 17.2 Å². The molecule has 1 atom stereocenters. The highest BCUT2D eigenvalue weighted by molar-refractivity contribution is 14.0. The van der Waals surface area contributed by atoms with Crippen molar-refractivity contribution in [2.75, 3.05) is 32.7 Å². The highest BCUT2D eigenvalue weighted by atomic mass is 127. The summed E-state index contributed by atoms with van der Waals surface area (Å²) < 4.78 is 31.9. The predicted molar refractivity (Wildman–Crippen MR) is 114 cm³/mol. The van der Waals surface area contributed by atoms with Crippen LogP contribution in [0.25, 0.3) is 0 Å². The first-order chi connectivity index (χ1) is 12.7. The highest BCUT2D eigenvalue weighted by Crippen LogP contribution is 2.18. The number of nitrogens with one attached hydrogen (secondary N) is 1. The van der Waals surface area contributed by atoms with Gasteiger partial charge >= 0.3 is 6.09 Å². The minimum atomic E-state index is -0.568. The Bertz CT molecular complexity index is 719. The van der Waals surface area contributed by atoms with E-state index in [4.69, 9.17) is 4.74 Å². The number of amides is 1. The third kappa shape index (κ3) is 5.92. The smallest absolute Gasteiger partial charge is 0.410 e. The van der Waals surface area contributed by atoms with E-state index in [1.807, 2.05) is 20.8 Å². The molecule has 0 bridgehead atoms. The molecule has 28 heavy (non-hydrogen) atoms. The van der Waals surface area contributed by atoms with E-state index >= 15 is 0 Å². The van der Waals surface area contributed by atoms with E-state index in [0.717, 1.165) is 12.0 Å². The van der Waals surface area contributed by atoms with Gasteiger partial charge < -0.3 is 19.9 Å². The van der Waals surface area contributed by atoms with Crippen molar-refractivity contribution >= 4 is 36.0 Å². The molecule has 1 fully saturated rings. The van der Waals surface area contributed by atoms with E-state index in [2.05, 4.69) is 15.2 Å². The van der Waals surface area contributed by atoms with Gasteiger partial charge in [0.15, 0.2) is 5.96 Å². The van der Waals surface area contributed by atoms with Gasteiger partial charge in [-0.05, 0) is 44.9 Å². The molecule has 1 aromatic rings. The minimum Gasteiger partial charge on any atom is -0.444 e. The van der Waals surface area contributed by atoms with Crippen LogP contribution in [0.2, 0.25) is 0 Å². The summed E-state index contributed by atoms with van der Waals surface area (Å²) in [6.07, 6.45) is 0.202. The molecule has 1 unspecified atom stereocenters. The van der Waals surface area contributed by atoms with E-state index < -0.39 is 17.2 Å². The molecular weight excluding hydrogens is 481 g/mol. The fraction of sp³-hybridized carbons (Fsp3) is 0.579. The molecule has 1 N–H and O–H groups in total. The van der Waals surface area contributed by atoms with Gasteiger partial charge in [0.25, 0.3) is 0 Å². The third-order valence-electron chi connectivity index (χ3n) is 4.48. The molecule has 6 nitrogen and oxygen atoms in total. The number of aliphatic imine (C=N–C) groups is 1. The summed E-state index contributed by atoms with van der Waals surface area (Å²) in [5.74, 6) is -0.358. The molecule has 2 aliphatic heterocycles. The Balaban J connectivity index is 0.00000280. The van der Waals surface area contributed by atoms with E-state index in [0.29, 0.717) is 44.7 Å². The summed E-state index contributed by atoms with van der Waals surface area (Å²) in [7, 11) is 0. The molecule has 1 amide bonds. The van der Waals surface area contributed by atoms with E-state index in [-0.39, 0.29) is 36.1 Å². The topological polar surface area (TPSA) is 57.2 Å². The monoisotopic (exact) mass is 508 g/mol. The van der Waals surface area contributed by atoms with Crippen molar-refractivity contribution in [1.29, 1.82) is 0 Å². The minimum absolute atomic E-state index is 0. The molecule has 156 valence electrons. The van der Waals surface area contributed by atoms with Crippen LogP contribution in [0.15, 0.2) is 23.2 Å². The van der Waals surface area contributed by atoms with Crippen LogP contribution in [-0.2, 0) is 11.2 Å². The van der Waals surface area contributed by atoms with Gasteiger partial charge in [-0.2, -0.15) is 0 Å². The Morgan fingerprint density at radius 3 is 2.57 bits per heavy atom. The first-order valence-electron chi connectivity index (χ1n) is 9.19. The maximum Gasteiger partial charge on any atom is 0.410 e. The van der Waals surface area contributed by atoms with E-state index in [1.54, 1.807) is 4.90 Å². The van der Waals surface area contributed by atoms with Gasteiger partial charge in [-0.1, -0.05) is 0 Å². The zero-order valence-corrected chi connectivity index (χ0v) is 18.7. The zero-order chi connectivity index (χ0) is 19.6. The molecule has 0 radical (unpaired) electrons. The van der Waals surface area contributed by atoms with Gasteiger partial charge in [0, 0.05) is 32.2 Å². The standard InChI is InChI=1S/C19H26F2N4O2.HI/c1-19(2,3)27-18(26)24-6-7-25-16(12-24)11-23-17(25)22-5-4-13-8-14(20)10-15(21)9-13;/h8-10,16H,4-7,11-12H2,1-3H3,(H,22,23);1H. The zero-order valence-electron chi connectivity index (χ0n) is 16.4. The lowest BCUT2D eigenvalue weighted by Crippen LogP contribution is -2.57. The fourth-order valence-electron chi connectivity index (χ4n) is 3.30. The summed E-state index contributed by atoms with van der Waals surface area (Å²) in [6, 6.07) is 3.67. The first kappa shape index (κ1) is 22.6. The number of rotatable bonds is 3. The Morgan fingerprint density at radius 2 is 1.93 bits per heavy atom. The molecule has 2 aliphatic rings. The summed E-state index contributed by atoms with van der Waals surface area (Å²) in [5, 5.41) is 3.25. The van der Waals surface area contributed by atoms with Crippen molar-refractivity contribution in [1.82, 2.24) is 15.1 Å². The lowest BCUT2D eigenvalue weighted by atomic mass is 10.1. The van der Waals surface area contributed by atoms with E-state index in [1.165, 1.54) is 12.1 Å². The highest BCUT2D eigenvalue weighted by Gasteiger charge is 2.36. The second kappa shape index (κ2) is 9.23. The number of guanidine groups is 1. The Morgan fingerprint density at radius 1 is 1.25 bits per heavy atom. The van der Waals surface area contributed by atoms with Gasteiger partial charge in [0.05, 0.1) is 12.6 Å². The van der Waals surface area contributed by atoms with Crippen LogP contribution < -0.4 is 5.32 Å². The molecule has 0 aromatic heterocycles. The maximum absolute atomic E-state index is 13.2. The SMILES string of the molecule is CC(C)(C)OC(=O)N1CCN2C(NCCc3cc(F)cc(F)c3)=NCC2C1.I. The number of hydrogen-bond acceptors (Lipinski definition) is 5. The van der Waals surface area contributed by atoms with Crippen LogP contribution in [0.4, 0.5) is 13.6 Å². The largest absolute Gasteiger partial charge is 0.444 e. The Kier molecular flexibility index (Phi) is 7.46. The Labute approximate surface area is 181 Å². The van der Waals surface area contributed by atoms with Gasteiger partial charge in [0.2, 0.25) is 0 Å². The van der Waals surface area contributed by atoms with Crippen molar-refractivity contribution in [3.05, 3.63) is 35.4 Å². The van der Waals surface area contributed by atoms with Crippen LogP contribution in [0.1, 0.15) is 26.3 Å². The van der Waals surface area contributed by atoms with Crippen molar-refractivity contribution < 1.29 is 18.3 Å². The molecule has 1 saturated heterocycles. The van der Waals surface area contributed by atoms with E-state index in [9.17, 15) is 13.6 Å². The van der Waals surface area contributed by atoms with Crippen LogP contribution in [-0.4, -0.2) is 66.2 Å². The van der Waals surface area contributed by atoms with Gasteiger partial charge in [-0.25, -0.2) is 13.6 Å². The van der Waals surface area contributed by atoms with Crippen LogP contribution in [0.5, 0.6) is 0 Å². The van der Waals surface area contributed by atoms with Crippen molar-refractivity contribution in [2.45, 2.75) is 38.8 Å². The predicted octanol–water partition coefficient (Wildman–Crippen LogP) is 3.01. The number of benzene rings is 1. The number of piperazine rings is 1. The molecule has 9 heteroatoms. The first-order valence-corrected chi connectivity index (χ1v) is 9.19. The average Bonchev–Trinajstić information content (AvgIpc) is 2.95. The number of nitrogens with zero attached hydrogens (tertiary/aromatic N) is 3. The van der Waals surface area contributed by atoms with Gasteiger partial charge in [-0.15, -0.1) is 24.0 Å². The number of ether oxygens (including phenoxy) is 1. The number of halogens is 3. The molecule has 1 aromatic carbocycles. The third-order valence-corrected chi connectivity index (χ3v) is 4.48. The summed E-state index contributed by atoms with van der Waals surface area (Å²) in [6.45, 7) is 8.51. The molecule has 3 rings (SSSR count).